The molecule has 6 nitrogen and oxygen atoms in total. The highest BCUT2D eigenvalue weighted by atomic mass is 15.4. The Hall–Kier alpha value is -1.85. The summed E-state index contributed by atoms with van der Waals surface area (Å²) >= 11 is 0. The average Bonchev–Trinajstić information content (AvgIpc) is 2.58. The third-order valence-electron chi connectivity index (χ3n) is 2.26. The SMILES string of the molecule is CCn1nc(N(C)C)c2c(N)ncnc21. The molecule has 0 aliphatic rings. The van der Waals surface area contributed by atoms with Gasteiger partial charge in [-0.1, -0.05) is 0 Å². The van der Waals surface area contributed by atoms with Crippen LogP contribution in [-0.2, 0) is 6.54 Å². The molecule has 0 unspecified atom stereocenters. The first-order chi connectivity index (χ1) is 7.15. The zero-order valence-corrected chi connectivity index (χ0v) is 9.10. The van der Waals surface area contributed by atoms with Crippen LogP contribution in [0.4, 0.5) is 11.6 Å². The molecule has 0 aliphatic heterocycles. The van der Waals surface area contributed by atoms with Gasteiger partial charge >= 0.3 is 0 Å². The quantitative estimate of drug-likeness (QED) is 0.774. The molecule has 2 aromatic rings. The number of hydrogen-bond donors (Lipinski definition) is 1. The van der Waals surface area contributed by atoms with Crippen LogP contribution in [0.15, 0.2) is 6.33 Å². The summed E-state index contributed by atoms with van der Waals surface area (Å²) in [7, 11) is 3.85. The predicted octanol–water partition coefficient (Wildman–Crippen LogP) is 0.494. The van der Waals surface area contributed by atoms with Crippen LogP contribution in [0.2, 0.25) is 0 Å². The summed E-state index contributed by atoms with van der Waals surface area (Å²) in [5, 5.41) is 5.25. The number of anilines is 2. The van der Waals surface area contributed by atoms with Crippen molar-refractivity contribution in [2.45, 2.75) is 13.5 Å². The molecule has 0 saturated carbocycles. The normalized spacial score (nSPS) is 10.9. The number of fused-ring (bicyclic) bond motifs is 1. The van der Waals surface area contributed by atoms with Gasteiger partial charge in [0.2, 0.25) is 0 Å². The maximum absolute atomic E-state index is 5.83. The van der Waals surface area contributed by atoms with Crippen LogP contribution < -0.4 is 10.6 Å². The van der Waals surface area contributed by atoms with Gasteiger partial charge in [0.15, 0.2) is 11.5 Å². The second-order valence-corrected chi connectivity index (χ2v) is 3.49. The Morgan fingerprint density at radius 2 is 2.13 bits per heavy atom. The molecule has 0 atom stereocenters. The van der Waals surface area contributed by atoms with E-state index in [2.05, 4.69) is 15.1 Å². The van der Waals surface area contributed by atoms with Crippen LogP contribution in [0.25, 0.3) is 11.0 Å². The van der Waals surface area contributed by atoms with E-state index in [-0.39, 0.29) is 0 Å². The van der Waals surface area contributed by atoms with E-state index < -0.39 is 0 Å². The zero-order valence-electron chi connectivity index (χ0n) is 9.10. The summed E-state index contributed by atoms with van der Waals surface area (Å²) in [4.78, 5) is 10.1. The van der Waals surface area contributed by atoms with E-state index in [1.807, 2.05) is 30.6 Å². The van der Waals surface area contributed by atoms with Crippen LogP contribution in [-0.4, -0.2) is 33.8 Å². The molecule has 2 heterocycles. The van der Waals surface area contributed by atoms with Gasteiger partial charge in [-0.25, -0.2) is 14.6 Å². The number of nitrogen functional groups attached to an aromatic ring is 1. The molecule has 2 aromatic heterocycles. The first-order valence-corrected chi connectivity index (χ1v) is 4.79. The van der Waals surface area contributed by atoms with Crippen molar-refractivity contribution < 1.29 is 0 Å². The first kappa shape index (κ1) is 9.70. The Balaban J connectivity index is 2.82. The van der Waals surface area contributed by atoms with Crippen molar-refractivity contribution >= 4 is 22.7 Å². The van der Waals surface area contributed by atoms with Crippen LogP contribution in [0, 0.1) is 0 Å². The molecule has 6 heteroatoms. The van der Waals surface area contributed by atoms with Gasteiger partial charge in [0.1, 0.15) is 17.5 Å². The van der Waals surface area contributed by atoms with Crippen molar-refractivity contribution in [1.29, 1.82) is 0 Å². The second-order valence-electron chi connectivity index (χ2n) is 3.49. The number of aryl methyl sites for hydroxylation is 1. The lowest BCUT2D eigenvalue weighted by Gasteiger charge is -2.08. The van der Waals surface area contributed by atoms with E-state index in [0.29, 0.717) is 5.82 Å². The highest BCUT2D eigenvalue weighted by Gasteiger charge is 2.15. The highest BCUT2D eigenvalue weighted by Crippen LogP contribution is 2.26. The molecular weight excluding hydrogens is 192 g/mol. The molecule has 15 heavy (non-hydrogen) atoms. The van der Waals surface area contributed by atoms with Crippen molar-refractivity contribution in [3.05, 3.63) is 6.33 Å². The Kier molecular flexibility index (Phi) is 2.18. The molecule has 0 bridgehead atoms. The third-order valence-corrected chi connectivity index (χ3v) is 2.26. The predicted molar refractivity (Wildman–Crippen MR) is 59.7 cm³/mol. The topological polar surface area (TPSA) is 72.9 Å². The lowest BCUT2D eigenvalue weighted by Crippen LogP contribution is -2.10. The van der Waals surface area contributed by atoms with Gasteiger partial charge < -0.3 is 10.6 Å². The van der Waals surface area contributed by atoms with E-state index in [9.17, 15) is 0 Å². The molecule has 0 radical (unpaired) electrons. The Morgan fingerprint density at radius 3 is 2.73 bits per heavy atom. The molecular formula is C9H14N6. The van der Waals surface area contributed by atoms with Gasteiger partial charge in [-0.15, -0.1) is 0 Å². The van der Waals surface area contributed by atoms with E-state index in [1.54, 1.807) is 0 Å². The summed E-state index contributed by atoms with van der Waals surface area (Å²) in [5.74, 6) is 1.29. The van der Waals surface area contributed by atoms with Crippen molar-refractivity contribution in [1.82, 2.24) is 19.7 Å². The lowest BCUT2D eigenvalue weighted by molar-refractivity contribution is 0.674. The van der Waals surface area contributed by atoms with Gasteiger partial charge in [-0.05, 0) is 6.92 Å². The second kappa shape index (κ2) is 3.38. The largest absolute Gasteiger partial charge is 0.383 e. The Bertz CT molecular complexity index is 487. The van der Waals surface area contributed by atoms with Gasteiger partial charge in [-0.2, -0.15) is 5.10 Å². The van der Waals surface area contributed by atoms with Crippen LogP contribution in [0.5, 0.6) is 0 Å². The summed E-state index contributed by atoms with van der Waals surface area (Å²) in [6, 6.07) is 0. The smallest absolute Gasteiger partial charge is 0.165 e. The van der Waals surface area contributed by atoms with Crippen molar-refractivity contribution in [3.63, 3.8) is 0 Å². The molecule has 0 spiro atoms. The minimum atomic E-state index is 0.475. The number of nitrogens with zero attached hydrogens (tertiary/aromatic N) is 5. The fourth-order valence-corrected chi connectivity index (χ4v) is 1.54. The number of hydrogen-bond acceptors (Lipinski definition) is 5. The molecule has 2 N–H and O–H groups in total. The monoisotopic (exact) mass is 206 g/mol. The average molecular weight is 206 g/mol. The van der Waals surface area contributed by atoms with Gasteiger partial charge in [0, 0.05) is 20.6 Å². The molecule has 80 valence electrons. The molecule has 0 saturated heterocycles. The van der Waals surface area contributed by atoms with E-state index in [0.717, 1.165) is 23.4 Å². The first-order valence-electron chi connectivity index (χ1n) is 4.79. The van der Waals surface area contributed by atoms with Gasteiger partial charge in [0.25, 0.3) is 0 Å². The lowest BCUT2D eigenvalue weighted by atomic mass is 10.3. The Morgan fingerprint density at radius 1 is 1.40 bits per heavy atom. The van der Waals surface area contributed by atoms with Crippen molar-refractivity contribution in [2.75, 3.05) is 24.7 Å². The number of nitrogens with two attached hydrogens (primary N) is 1. The van der Waals surface area contributed by atoms with Crippen LogP contribution >= 0.6 is 0 Å². The van der Waals surface area contributed by atoms with E-state index in [1.165, 1.54) is 6.33 Å². The minimum Gasteiger partial charge on any atom is -0.383 e. The van der Waals surface area contributed by atoms with Gasteiger partial charge in [-0.3, -0.25) is 0 Å². The minimum absolute atomic E-state index is 0.475. The summed E-state index contributed by atoms with van der Waals surface area (Å²) < 4.78 is 1.82. The Labute approximate surface area is 87.7 Å². The van der Waals surface area contributed by atoms with Crippen LogP contribution in [0.3, 0.4) is 0 Å². The van der Waals surface area contributed by atoms with Crippen molar-refractivity contribution in [2.24, 2.45) is 0 Å². The fraction of sp³-hybridized carbons (Fsp3) is 0.444. The van der Waals surface area contributed by atoms with Crippen molar-refractivity contribution in [3.8, 4) is 0 Å². The maximum atomic E-state index is 5.83. The molecule has 0 aromatic carbocycles. The van der Waals surface area contributed by atoms with Crippen LogP contribution in [0.1, 0.15) is 6.92 Å². The third kappa shape index (κ3) is 1.38. The van der Waals surface area contributed by atoms with Gasteiger partial charge in [0.05, 0.1) is 0 Å². The zero-order chi connectivity index (χ0) is 11.0. The fourth-order valence-electron chi connectivity index (χ4n) is 1.54. The maximum Gasteiger partial charge on any atom is 0.165 e. The van der Waals surface area contributed by atoms with E-state index >= 15 is 0 Å². The molecule has 2 rings (SSSR count). The molecule has 0 fully saturated rings. The summed E-state index contributed by atoms with van der Waals surface area (Å²) in [5.41, 5.74) is 6.62. The summed E-state index contributed by atoms with van der Waals surface area (Å²) in [6.45, 7) is 2.78. The highest BCUT2D eigenvalue weighted by molar-refractivity contribution is 5.95. The molecule has 0 aliphatic carbocycles. The molecule has 0 amide bonds. The summed E-state index contributed by atoms with van der Waals surface area (Å²) in [6.07, 6.45) is 1.46. The number of rotatable bonds is 2. The standard InChI is InChI=1S/C9H14N6/c1-4-15-8-6(7(10)11-5-12-8)9(13-15)14(2)3/h5H,4H2,1-3H3,(H2,10,11,12). The number of aromatic nitrogens is 4. The van der Waals surface area contributed by atoms with E-state index in [4.69, 9.17) is 5.73 Å².